The van der Waals surface area contributed by atoms with Crippen LogP contribution in [-0.4, -0.2) is 23.4 Å². The molecule has 0 spiro atoms. The van der Waals surface area contributed by atoms with E-state index in [0.717, 1.165) is 22.6 Å². The van der Waals surface area contributed by atoms with Gasteiger partial charge in [-0.25, -0.2) is 0 Å². The van der Waals surface area contributed by atoms with E-state index in [1.807, 2.05) is 62.4 Å². The first-order chi connectivity index (χ1) is 12.2. The first kappa shape index (κ1) is 17.4. The second kappa shape index (κ2) is 8.07. The van der Waals surface area contributed by atoms with E-state index in [2.05, 4.69) is 10.2 Å². The van der Waals surface area contributed by atoms with Gasteiger partial charge in [0.1, 0.15) is 11.5 Å². The number of nitrogens with zero attached hydrogens (tertiary/aromatic N) is 2. The molecule has 0 bridgehead atoms. The maximum atomic E-state index is 5.84. The van der Waals surface area contributed by atoms with E-state index >= 15 is 0 Å². The van der Waals surface area contributed by atoms with Crippen LogP contribution in [0.3, 0.4) is 0 Å². The van der Waals surface area contributed by atoms with Crippen molar-refractivity contribution in [1.82, 2.24) is 10.2 Å². The number of hydrogen-bond donors (Lipinski definition) is 0. The monoisotopic (exact) mass is 356 g/mol. The zero-order chi connectivity index (χ0) is 17.6. The highest BCUT2D eigenvalue weighted by molar-refractivity contribution is 7.98. The van der Waals surface area contributed by atoms with E-state index in [-0.39, 0.29) is 6.10 Å². The van der Waals surface area contributed by atoms with Crippen LogP contribution in [0.5, 0.6) is 11.5 Å². The molecule has 0 aliphatic carbocycles. The summed E-state index contributed by atoms with van der Waals surface area (Å²) in [6.07, 6.45) is 0.135. The smallest absolute Gasteiger partial charge is 0.277 e. The van der Waals surface area contributed by atoms with Gasteiger partial charge < -0.3 is 13.9 Å². The molecule has 25 heavy (non-hydrogen) atoms. The lowest BCUT2D eigenvalue weighted by atomic mass is 10.2. The Bertz CT molecular complexity index is 816. The predicted octanol–water partition coefficient (Wildman–Crippen LogP) is 4.82. The highest BCUT2D eigenvalue weighted by Gasteiger charge is 2.11. The van der Waals surface area contributed by atoms with E-state index in [4.69, 9.17) is 13.9 Å². The van der Waals surface area contributed by atoms with E-state index < -0.39 is 0 Å². The van der Waals surface area contributed by atoms with Gasteiger partial charge in [-0.3, -0.25) is 0 Å². The van der Waals surface area contributed by atoms with Gasteiger partial charge in [-0.1, -0.05) is 30.0 Å². The van der Waals surface area contributed by atoms with Crippen LogP contribution >= 0.6 is 11.8 Å². The van der Waals surface area contributed by atoms with Crippen LogP contribution in [0.2, 0.25) is 0 Å². The molecule has 0 N–H and O–H groups in total. The molecule has 5 nitrogen and oxygen atoms in total. The average Bonchev–Trinajstić information content (AvgIpc) is 3.09. The zero-order valence-corrected chi connectivity index (χ0v) is 15.2. The van der Waals surface area contributed by atoms with Crippen molar-refractivity contribution in [2.24, 2.45) is 0 Å². The molecular formula is C19H20N2O3S. The number of rotatable bonds is 7. The van der Waals surface area contributed by atoms with Gasteiger partial charge in [0.15, 0.2) is 0 Å². The molecule has 0 saturated carbocycles. The fourth-order valence-electron chi connectivity index (χ4n) is 2.25. The lowest BCUT2D eigenvalue weighted by Crippen LogP contribution is -2.07. The summed E-state index contributed by atoms with van der Waals surface area (Å²) in [7, 11) is 1.64. The summed E-state index contributed by atoms with van der Waals surface area (Å²) in [5, 5.41) is 8.76. The summed E-state index contributed by atoms with van der Waals surface area (Å²) in [4.78, 5) is 0. The molecule has 2 aromatic carbocycles. The van der Waals surface area contributed by atoms with Crippen LogP contribution < -0.4 is 9.47 Å². The summed E-state index contributed by atoms with van der Waals surface area (Å²) < 4.78 is 16.7. The Morgan fingerprint density at radius 2 is 1.80 bits per heavy atom. The molecule has 0 atom stereocenters. The van der Waals surface area contributed by atoms with Crippen molar-refractivity contribution >= 4 is 11.8 Å². The minimum Gasteiger partial charge on any atom is -0.497 e. The predicted molar refractivity (Wildman–Crippen MR) is 98.1 cm³/mol. The molecule has 3 aromatic rings. The van der Waals surface area contributed by atoms with E-state index in [1.165, 1.54) is 11.8 Å². The Balaban J connectivity index is 1.68. The van der Waals surface area contributed by atoms with Crippen molar-refractivity contribution in [2.75, 3.05) is 7.11 Å². The lowest BCUT2D eigenvalue weighted by molar-refractivity contribution is 0.240. The number of thioether (sulfide) groups is 1. The number of para-hydroxylation sites is 1. The largest absolute Gasteiger partial charge is 0.497 e. The third-order valence-corrected chi connectivity index (χ3v) is 4.30. The molecule has 0 amide bonds. The highest BCUT2D eigenvalue weighted by atomic mass is 32.2. The highest BCUT2D eigenvalue weighted by Crippen LogP contribution is 2.30. The molecule has 130 valence electrons. The number of hydrogen-bond acceptors (Lipinski definition) is 6. The Morgan fingerprint density at radius 1 is 1.04 bits per heavy atom. The van der Waals surface area contributed by atoms with Gasteiger partial charge in [-0.15, -0.1) is 10.2 Å². The van der Waals surface area contributed by atoms with Gasteiger partial charge in [0.05, 0.1) is 13.2 Å². The van der Waals surface area contributed by atoms with Crippen LogP contribution in [0.1, 0.15) is 19.4 Å². The maximum absolute atomic E-state index is 5.84. The first-order valence-electron chi connectivity index (χ1n) is 8.01. The Kier molecular flexibility index (Phi) is 5.60. The molecule has 0 aliphatic rings. The van der Waals surface area contributed by atoms with Crippen LogP contribution in [0.25, 0.3) is 11.5 Å². The molecule has 0 unspecified atom stereocenters. The standard InChI is InChI=1S/C19H20N2O3S/c1-13(2)23-17-7-5-4-6-15(17)12-25-19-21-20-18(24-19)14-8-10-16(22-3)11-9-14/h4-11,13H,12H2,1-3H3. The van der Waals surface area contributed by atoms with E-state index in [1.54, 1.807) is 7.11 Å². The molecule has 6 heteroatoms. The second-order valence-corrected chi connectivity index (χ2v) is 6.59. The first-order valence-corrected chi connectivity index (χ1v) is 8.99. The molecular weight excluding hydrogens is 336 g/mol. The minimum atomic E-state index is 0.135. The summed E-state index contributed by atoms with van der Waals surface area (Å²) in [5.41, 5.74) is 1.97. The average molecular weight is 356 g/mol. The van der Waals surface area contributed by atoms with Crippen molar-refractivity contribution in [1.29, 1.82) is 0 Å². The quantitative estimate of drug-likeness (QED) is 0.566. The Morgan fingerprint density at radius 3 is 2.52 bits per heavy atom. The SMILES string of the molecule is COc1ccc(-c2nnc(SCc3ccccc3OC(C)C)o2)cc1. The van der Waals surface area contributed by atoms with Gasteiger partial charge in [0, 0.05) is 16.9 Å². The molecule has 1 aromatic heterocycles. The fraction of sp³-hybridized carbons (Fsp3) is 0.263. The maximum Gasteiger partial charge on any atom is 0.277 e. The van der Waals surface area contributed by atoms with Gasteiger partial charge in [-0.05, 0) is 44.2 Å². The number of aromatic nitrogens is 2. The van der Waals surface area contributed by atoms with Crippen molar-refractivity contribution in [2.45, 2.75) is 30.9 Å². The Labute approximate surface area is 151 Å². The van der Waals surface area contributed by atoms with Crippen molar-refractivity contribution in [3.63, 3.8) is 0 Å². The van der Waals surface area contributed by atoms with Gasteiger partial charge >= 0.3 is 0 Å². The molecule has 0 aliphatic heterocycles. The van der Waals surface area contributed by atoms with Crippen LogP contribution in [-0.2, 0) is 5.75 Å². The third kappa shape index (κ3) is 4.54. The van der Waals surface area contributed by atoms with Crippen LogP contribution in [0, 0.1) is 0 Å². The van der Waals surface area contributed by atoms with Gasteiger partial charge in [0.2, 0.25) is 5.89 Å². The summed E-state index contributed by atoms with van der Waals surface area (Å²) in [5.74, 6) is 2.88. The van der Waals surface area contributed by atoms with Crippen molar-refractivity contribution in [3.8, 4) is 23.0 Å². The number of benzene rings is 2. The van der Waals surface area contributed by atoms with E-state index in [0.29, 0.717) is 16.9 Å². The molecule has 3 rings (SSSR count). The fourth-order valence-corrected chi connectivity index (χ4v) is 3.00. The normalized spacial score (nSPS) is 10.9. The Hall–Kier alpha value is -2.47. The molecule has 0 fully saturated rings. The number of ether oxygens (including phenoxy) is 2. The topological polar surface area (TPSA) is 57.4 Å². The van der Waals surface area contributed by atoms with Crippen molar-refractivity contribution in [3.05, 3.63) is 54.1 Å². The third-order valence-electron chi connectivity index (χ3n) is 3.43. The molecule has 0 saturated heterocycles. The van der Waals surface area contributed by atoms with Crippen LogP contribution in [0.4, 0.5) is 0 Å². The zero-order valence-electron chi connectivity index (χ0n) is 14.4. The van der Waals surface area contributed by atoms with Crippen molar-refractivity contribution < 1.29 is 13.9 Å². The van der Waals surface area contributed by atoms with E-state index in [9.17, 15) is 0 Å². The summed E-state index contributed by atoms with van der Waals surface area (Å²) in [6, 6.07) is 15.5. The van der Waals surface area contributed by atoms with Gasteiger partial charge in [-0.2, -0.15) is 0 Å². The lowest BCUT2D eigenvalue weighted by Gasteiger charge is -2.13. The summed E-state index contributed by atoms with van der Waals surface area (Å²) >= 11 is 1.49. The molecule has 1 heterocycles. The van der Waals surface area contributed by atoms with Gasteiger partial charge in [0.25, 0.3) is 5.22 Å². The second-order valence-electron chi connectivity index (χ2n) is 5.66. The minimum absolute atomic E-state index is 0.135. The number of methoxy groups -OCH3 is 1. The molecule has 0 radical (unpaired) electrons. The van der Waals surface area contributed by atoms with Crippen LogP contribution in [0.15, 0.2) is 58.2 Å². The summed E-state index contributed by atoms with van der Waals surface area (Å²) in [6.45, 7) is 4.03.